The molecule has 2 aromatic rings. The van der Waals surface area contributed by atoms with E-state index in [1.807, 2.05) is 24.7 Å². The monoisotopic (exact) mass is 211 g/mol. The smallest absolute Gasteiger partial charge is 0.229 e. The van der Waals surface area contributed by atoms with Crippen LogP contribution in [0.5, 0.6) is 0 Å². The van der Waals surface area contributed by atoms with E-state index >= 15 is 0 Å². The van der Waals surface area contributed by atoms with Crippen LogP contribution in [0.3, 0.4) is 0 Å². The van der Waals surface area contributed by atoms with Gasteiger partial charge in [0.2, 0.25) is 5.28 Å². The summed E-state index contributed by atoms with van der Waals surface area (Å²) in [7, 11) is 0. The SMILES string of the molecule is CCn1cc(-n2c(C)nnc2Cl)cn1. The van der Waals surface area contributed by atoms with Crippen molar-refractivity contribution < 1.29 is 0 Å². The van der Waals surface area contributed by atoms with Crippen LogP contribution in [0.2, 0.25) is 5.28 Å². The van der Waals surface area contributed by atoms with Gasteiger partial charge in [-0.25, -0.2) is 0 Å². The molecule has 0 spiro atoms. The van der Waals surface area contributed by atoms with Gasteiger partial charge in [-0.2, -0.15) is 5.10 Å². The Labute approximate surface area is 86.3 Å². The van der Waals surface area contributed by atoms with Crippen molar-refractivity contribution >= 4 is 11.6 Å². The maximum atomic E-state index is 5.88. The van der Waals surface area contributed by atoms with E-state index in [0.29, 0.717) is 5.28 Å². The number of nitrogens with zero attached hydrogens (tertiary/aromatic N) is 5. The predicted octanol–water partition coefficient (Wildman–Crippen LogP) is 1.45. The Bertz CT molecular complexity index is 425. The first-order valence-electron chi connectivity index (χ1n) is 4.32. The summed E-state index contributed by atoms with van der Waals surface area (Å²) < 4.78 is 3.58. The van der Waals surface area contributed by atoms with Gasteiger partial charge in [-0.05, 0) is 25.4 Å². The first-order chi connectivity index (χ1) is 6.72. The summed E-state index contributed by atoms with van der Waals surface area (Å²) in [5.74, 6) is 0.755. The summed E-state index contributed by atoms with van der Waals surface area (Å²) in [6, 6.07) is 0. The lowest BCUT2D eigenvalue weighted by molar-refractivity contribution is 0.659. The van der Waals surface area contributed by atoms with Gasteiger partial charge in [-0.15, -0.1) is 10.2 Å². The Morgan fingerprint density at radius 1 is 1.43 bits per heavy atom. The molecule has 0 aliphatic heterocycles. The Balaban J connectivity index is 2.48. The molecule has 74 valence electrons. The van der Waals surface area contributed by atoms with Gasteiger partial charge in [0.1, 0.15) is 5.82 Å². The molecule has 0 aliphatic rings. The molecular weight excluding hydrogens is 202 g/mol. The van der Waals surface area contributed by atoms with E-state index in [4.69, 9.17) is 11.6 Å². The molecule has 0 fully saturated rings. The fourth-order valence-electron chi connectivity index (χ4n) is 1.27. The fourth-order valence-corrected chi connectivity index (χ4v) is 1.53. The first kappa shape index (κ1) is 9.21. The molecule has 2 heterocycles. The average molecular weight is 212 g/mol. The lowest BCUT2D eigenvalue weighted by atomic mass is 10.5. The summed E-state index contributed by atoms with van der Waals surface area (Å²) in [6.45, 7) is 4.71. The largest absolute Gasteiger partial charge is 0.271 e. The molecule has 0 saturated carbocycles. The number of rotatable bonds is 2. The van der Waals surface area contributed by atoms with Gasteiger partial charge in [0.05, 0.1) is 11.9 Å². The maximum absolute atomic E-state index is 5.88. The Hall–Kier alpha value is -1.36. The third-order valence-corrected chi connectivity index (χ3v) is 2.23. The van der Waals surface area contributed by atoms with Crippen molar-refractivity contribution in [3.8, 4) is 5.69 Å². The molecule has 0 N–H and O–H groups in total. The molecule has 0 saturated heterocycles. The Kier molecular flexibility index (Phi) is 2.25. The number of aromatic nitrogens is 5. The molecule has 0 atom stereocenters. The van der Waals surface area contributed by atoms with Gasteiger partial charge >= 0.3 is 0 Å². The van der Waals surface area contributed by atoms with Crippen molar-refractivity contribution in [1.82, 2.24) is 24.5 Å². The highest BCUT2D eigenvalue weighted by atomic mass is 35.5. The van der Waals surface area contributed by atoms with Crippen LogP contribution in [0.4, 0.5) is 0 Å². The number of aryl methyl sites for hydroxylation is 2. The quantitative estimate of drug-likeness (QED) is 0.756. The van der Waals surface area contributed by atoms with E-state index in [2.05, 4.69) is 15.3 Å². The molecule has 6 heteroatoms. The zero-order valence-electron chi connectivity index (χ0n) is 7.98. The second kappa shape index (κ2) is 3.42. The van der Waals surface area contributed by atoms with Crippen molar-refractivity contribution in [3.63, 3.8) is 0 Å². The van der Waals surface area contributed by atoms with Gasteiger partial charge in [0.25, 0.3) is 0 Å². The highest BCUT2D eigenvalue weighted by Crippen LogP contribution is 2.15. The molecule has 5 nitrogen and oxygen atoms in total. The zero-order valence-corrected chi connectivity index (χ0v) is 8.73. The van der Waals surface area contributed by atoms with Crippen LogP contribution in [-0.2, 0) is 6.54 Å². The molecule has 0 aromatic carbocycles. The third-order valence-electron chi connectivity index (χ3n) is 1.99. The van der Waals surface area contributed by atoms with E-state index in [1.165, 1.54) is 0 Å². The standard InChI is InChI=1S/C8H10ClN5/c1-3-13-5-7(4-10-13)14-6(2)11-12-8(14)9/h4-5H,3H2,1-2H3. The van der Waals surface area contributed by atoms with Crippen molar-refractivity contribution in [2.75, 3.05) is 0 Å². The third kappa shape index (κ3) is 1.39. The van der Waals surface area contributed by atoms with Crippen LogP contribution in [0.25, 0.3) is 5.69 Å². The first-order valence-corrected chi connectivity index (χ1v) is 4.70. The van der Waals surface area contributed by atoms with Gasteiger partial charge in [0.15, 0.2) is 0 Å². The minimum atomic E-state index is 0.359. The zero-order chi connectivity index (χ0) is 10.1. The van der Waals surface area contributed by atoms with Crippen LogP contribution in [0.1, 0.15) is 12.7 Å². The molecule has 0 radical (unpaired) electrons. The van der Waals surface area contributed by atoms with E-state index in [9.17, 15) is 0 Å². The molecule has 0 aliphatic carbocycles. The lowest BCUT2D eigenvalue weighted by Gasteiger charge is -1.99. The summed E-state index contributed by atoms with van der Waals surface area (Å²) >= 11 is 5.88. The second-order valence-electron chi connectivity index (χ2n) is 2.91. The van der Waals surface area contributed by atoms with Gasteiger partial charge < -0.3 is 0 Å². The highest BCUT2D eigenvalue weighted by Gasteiger charge is 2.09. The Morgan fingerprint density at radius 3 is 2.71 bits per heavy atom. The average Bonchev–Trinajstić information content (AvgIpc) is 2.73. The van der Waals surface area contributed by atoms with Gasteiger partial charge in [0, 0.05) is 12.7 Å². The predicted molar refractivity (Wildman–Crippen MR) is 52.6 cm³/mol. The molecule has 0 amide bonds. The van der Waals surface area contributed by atoms with Crippen molar-refractivity contribution in [3.05, 3.63) is 23.5 Å². The highest BCUT2D eigenvalue weighted by molar-refractivity contribution is 6.28. The van der Waals surface area contributed by atoms with Crippen molar-refractivity contribution in [1.29, 1.82) is 0 Å². The van der Waals surface area contributed by atoms with E-state index in [-0.39, 0.29) is 0 Å². The number of hydrogen-bond acceptors (Lipinski definition) is 3. The molecule has 0 unspecified atom stereocenters. The van der Waals surface area contributed by atoms with E-state index in [0.717, 1.165) is 18.1 Å². The van der Waals surface area contributed by atoms with Crippen LogP contribution >= 0.6 is 11.6 Å². The molecule has 2 aromatic heterocycles. The van der Waals surface area contributed by atoms with Crippen molar-refractivity contribution in [2.24, 2.45) is 0 Å². The minimum Gasteiger partial charge on any atom is -0.271 e. The van der Waals surface area contributed by atoms with Crippen LogP contribution in [-0.4, -0.2) is 24.5 Å². The van der Waals surface area contributed by atoms with Crippen LogP contribution < -0.4 is 0 Å². The summed E-state index contributed by atoms with van der Waals surface area (Å²) in [6.07, 6.45) is 3.65. The van der Waals surface area contributed by atoms with Crippen LogP contribution in [0.15, 0.2) is 12.4 Å². The summed E-state index contributed by atoms with van der Waals surface area (Å²) in [5.41, 5.74) is 0.888. The molecule has 0 bridgehead atoms. The fraction of sp³-hybridized carbons (Fsp3) is 0.375. The summed E-state index contributed by atoms with van der Waals surface area (Å²) in [5, 5.41) is 12.2. The van der Waals surface area contributed by atoms with Gasteiger partial charge in [-0.1, -0.05) is 0 Å². The minimum absolute atomic E-state index is 0.359. The number of halogens is 1. The lowest BCUT2D eigenvalue weighted by Crippen LogP contribution is -1.96. The van der Waals surface area contributed by atoms with Crippen molar-refractivity contribution in [2.45, 2.75) is 20.4 Å². The summed E-state index contributed by atoms with van der Waals surface area (Å²) in [4.78, 5) is 0. The second-order valence-corrected chi connectivity index (χ2v) is 3.24. The molecule has 14 heavy (non-hydrogen) atoms. The van der Waals surface area contributed by atoms with E-state index < -0.39 is 0 Å². The number of hydrogen-bond donors (Lipinski definition) is 0. The topological polar surface area (TPSA) is 48.5 Å². The molecule has 2 rings (SSSR count). The van der Waals surface area contributed by atoms with Gasteiger partial charge in [-0.3, -0.25) is 9.25 Å². The Morgan fingerprint density at radius 2 is 2.21 bits per heavy atom. The normalized spacial score (nSPS) is 10.8. The molecular formula is C8H10ClN5. The van der Waals surface area contributed by atoms with E-state index in [1.54, 1.807) is 10.8 Å². The van der Waals surface area contributed by atoms with Crippen LogP contribution in [0, 0.1) is 6.92 Å². The maximum Gasteiger partial charge on any atom is 0.229 e.